The fraction of sp³-hybridized carbons (Fsp3) is 0.864. The van der Waals surface area contributed by atoms with Gasteiger partial charge in [-0.2, -0.15) is 0 Å². The zero-order valence-electron chi connectivity index (χ0n) is 17.6. The second-order valence-corrected chi connectivity index (χ2v) is 8.63. The second-order valence-electron chi connectivity index (χ2n) is 7.88. The topological polar surface area (TPSA) is 58.6 Å². The van der Waals surface area contributed by atoms with E-state index in [1.54, 1.807) is 5.41 Å². The standard InChI is InChI=1S/C22H41NO3S/c1-4-5-12-20(24)13-10-8-6-7-9-11-19-14-15-21(18(2)23-19)26-22(25)16-17-27-3/h16-21,23-24H,4-15H2,1-3H3/b17-16-/t18-,19-,20+,21+/m1/s1. The van der Waals surface area contributed by atoms with Crippen molar-refractivity contribution in [3.8, 4) is 0 Å². The van der Waals surface area contributed by atoms with Gasteiger partial charge in [-0.05, 0) is 50.7 Å². The third-order valence-corrected chi connectivity index (χ3v) is 5.85. The van der Waals surface area contributed by atoms with Gasteiger partial charge in [-0.3, -0.25) is 0 Å². The summed E-state index contributed by atoms with van der Waals surface area (Å²) in [5.74, 6) is -0.235. The Bertz CT molecular complexity index is 416. The molecule has 0 spiro atoms. The summed E-state index contributed by atoms with van der Waals surface area (Å²) in [5.41, 5.74) is 0. The maximum atomic E-state index is 11.7. The Morgan fingerprint density at radius 2 is 1.89 bits per heavy atom. The molecule has 27 heavy (non-hydrogen) atoms. The Balaban J connectivity index is 2.05. The van der Waals surface area contributed by atoms with Crippen molar-refractivity contribution < 1.29 is 14.6 Å². The van der Waals surface area contributed by atoms with Crippen molar-refractivity contribution in [2.75, 3.05) is 6.26 Å². The fourth-order valence-corrected chi connectivity index (χ4v) is 4.01. The van der Waals surface area contributed by atoms with E-state index < -0.39 is 0 Å². The van der Waals surface area contributed by atoms with Crippen molar-refractivity contribution in [3.63, 3.8) is 0 Å². The lowest BCUT2D eigenvalue weighted by Gasteiger charge is -2.35. The predicted octanol–water partition coefficient (Wildman–Crippen LogP) is 5.20. The van der Waals surface area contributed by atoms with Gasteiger partial charge in [-0.15, -0.1) is 11.8 Å². The Hall–Kier alpha value is -0.520. The fourth-order valence-electron chi connectivity index (χ4n) is 3.76. The van der Waals surface area contributed by atoms with E-state index in [-0.39, 0.29) is 24.2 Å². The Morgan fingerprint density at radius 3 is 2.59 bits per heavy atom. The van der Waals surface area contributed by atoms with Crippen molar-refractivity contribution in [1.29, 1.82) is 0 Å². The van der Waals surface area contributed by atoms with Crippen LogP contribution < -0.4 is 5.32 Å². The first-order valence-electron chi connectivity index (χ1n) is 10.9. The van der Waals surface area contributed by atoms with Crippen LogP contribution in [0.1, 0.15) is 90.9 Å². The molecule has 0 bridgehead atoms. The SMILES string of the molecule is CCCC[C@H](O)CCCCCCC[C@@H]1CC[C@H](OC(=O)/C=C\SC)[C@@H](C)N1. The maximum Gasteiger partial charge on any atom is 0.331 e. The number of thioether (sulfide) groups is 1. The number of esters is 1. The van der Waals surface area contributed by atoms with E-state index in [1.165, 1.54) is 56.4 Å². The molecule has 4 atom stereocenters. The van der Waals surface area contributed by atoms with E-state index in [9.17, 15) is 9.90 Å². The van der Waals surface area contributed by atoms with Crippen molar-refractivity contribution in [1.82, 2.24) is 5.32 Å². The van der Waals surface area contributed by atoms with Crippen molar-refractivity contribution in [2.45, 2.75) is 115 Å². The van der Waals surface area contributed by atoms with Gasteiger partial charge in [-0.1, -0.05) is 51.9 Å². The molecule has 4 nitrogen and oxygen atoms in total. The predicted molar refractivity (Wildman–Crippen MR) is 116 cm³/mol. The van der Waals surface area contributed by atoms with Crippen LogP contribution in [0.3, 0.4) is 0 Å². The largest absolute Gasteiger partial charge is 0.458 e. The molecular formula is C22H41NO3S. The quantitative estimate of drug-likeness (QED) is 0.239. The first kappa shape index (κ1) is 24.5. The van der Waals surface area contributed by atoms with Crippen LogP contribution in [0.2, 0.25) is 0 Å². The smallest absolute Gasteiger partial charge is 0.331 e. The molecule has 1 fully saturated rings. The number of rotatable bonds is 14. The molecule has 5 heteroatoms. The number of carbonyl (C=O) groups excluding carboxylic acids is 1. The number of ether oxygens (including phenoxy) is 1. The summed E-state index contributed by atoms with van der Waals surface area (Å²) in [6, 6.07) is 0.771. The Morgan fingerprint density at radius 1 is 1.19 bits per heavy atom. The summed E-state index contributed by atoms with van der Waals surface area (Å²) in [5, 5.41) is 15.2. The Kier molecular flexibility index (Phi) is 14.0. The Labute approximate surface area is 170 Å². The molecule has 0 amide bonds. The van der Waals surface area contributed by atoms with Crippen molar-refractivity contribution >= 4 is 17.7 Å². The van der Waals surface area contributed by atoms with Gasteiger partial charge in [0.15, 0.2) is 0 Å². The highest BCUT2D eigenvalue weighted by molar-refractivity contribution is 8.01. The molecule has 1 aliphatic heterocycles. The minimum Gasteiger partial charge on any atom is -0.458 e. The number of aliphatic hydroxyl groups excluding tert-OH is 1. The van der Waals surface area contributed by atoms with Gasteiger partial charge in [0.05, 0.1) is 6.10 Å². The van der Waals surface area contributed by atoms with E-state index >= 15 is 0 Å². The van der Waals surface area contributed by atoms with E-state index in [0.29, 0.717) is 6.04 Å². The number of hydrogen-bond donors (Lipinski definition) is 2. The lowest BCUT2D eigenvalue weighted by atomic mass is 9.93. The first-order chi connectivity index (χ1) is 13.1. The van der Waals surface area contributed by atoms with Crippen LogP contribution >= 0.6 is 11.8 Å². The molecule has 1 rings (SSSR count). The maximum absolute atomic E-state index is 11.7. The van der Waals surface area contributed by atoms with Crippen LogP contribution in [-0.4, -0.2) is 41.6 Å². The average molecular weight is 400 g/mol. The molecule has 1 heterocycles. The zero-order valence-corrected chi connectivity index (χ0v) is 18.4. The highest BCUT2D eigenvalue weighted by Crippen LogP contribution is 2.21. The van der Waals surface area contributed by atoms with E-state index in [4.69, 9.17) is 4.74 Å². The highest BCUT2D eigenvalue weighted by Gasteiger charge is 2.28. The molecule has 0 saturated carbocycles. The van der Waals surface area contributed by atoms with Crippen LogP contribution in [0.4, 0.5) is 0 Å². The molecule has 1 saturated heterocycles. The summed E-state index contributed by atoms with van der Waals surface area (Å²) in [7, 11) is 0. The van der Waals surface area contributed by atoms with Crippen LogP contribution in [-0.2, 0) is 9.53 Å². The van der Waals surface area contributed by atoms with E-state index in [2.05, 4.69) is 19.2 Å². The number of carbonyl (C=O) groups is 1. The van der Waals surface area contributed by atoms with E-state index in [0.717, 1.165) is 38.5 Å². The average Bonchev–Trinajstić information content (AvgIpc) is 2.66. The molecule has 0 unspecified atom stereocenters. The molecule has 1 aliphatic rings. The third-order valence-electron chi connectivity index (χ3n) is 5.44. The van der Waals surface area contributed by atoms with Gasteiger partial charge in [0.1, 0.15) is 6.10 Å². The van der Waals surface area contributed by atoms with Crippen molar-refractivity contribution in [3.05, 3.63) is 11.5 Å². The first-order valence-corrected chi connectivity index (χ1v) is 12.2. The summed E-state index contributed by atoms with van der Waals surface area (Å²) in [6.07, 6.45) is 17.0. The summed E-state index contributed by atoms with van der Waals surface area (Å²) < 4.78 is 5.55. The molecule has 2 N–H and O–H groups in total. The van der Waals surface area contributed by atoms with Crippen molar-refractivity contribution in [2.24, 2.45) is 0 Å². The van der Waals surface area contributed by atoms with Gasteiger partial charge >= 0.3 is 5.97 Å². The van der Waals surface area contributed by atoms with Gasteiger partial charge in [0.25, 0.3) is 0 Å². The second kappa shape index (κ2) is 15.4. The third kappa shape index (κ3) is 11.8. The number of aliphatic hydroxyl groups is 1. The molecule has 0 aromatic carbocycles. The number of piperidine rings is 1. The van der Waals surface area contributed by atoms with Crippen LogP contribution in [0, 0.1) is 0 Å². The minimum atomic E-state index is -0.235. The van der Waals surface area contributed by atoms with Crippen LogP contribution in [0.15, 0.2) is 11.5 Å². The van der Waals surface area contributed by atoms with Gasteiger partial charge < -0.3 is 15.2 Å². The molecule has 158 valence electrons. The van der Waals surface area contributed by atoms with Gasteiger partial charge in [0.2, 0.25) is 0 Å². The molecule has 0 aliphatic carbocycles. The normalized spacial score (nSPS) is 24.2. The zero-order chi connectivity index (χ0) is 19.9. The number of unbranched alkanes of at least 4 members (excludes halogenated alkanes) is 5. The lowest BCUT2D eigenvalue weighted by Crippen LogP contribution is -2.50. The van der Waals surface area contributed by atoms with Crippen LogP contribution in [0.25, 0.3) is 0 Å². The summed E-state index contributed by atoms with van der Waals surface area (Å²) in [4.78, 5) is 11.7. The number of hydrogen-bond acceptors (Lipinski definition) is 5. The van der Waals surface area contributed by atoms with Gasteiger partial charge in [0, 0.05) is 18.2 Å². The molecule has 0 aromatic heterocycles. The number of nitrogens with one attached hydrogen (secondary N) is 1. The summed E-state index contributed by atoms with van der Waals surface area (Å²) in [6.45, 7) is 4.29. The summed E-state index contributed by atoms with van der Waals surface area (Å²) >= 11 is 1.50. The van der Waals surface area contributed by atoms with Crippen LogP contribution in [0.5, 0.6) is 0 Å². The molecule has 0 aromatic rings. The molecule has 0 radical (unpaired) electrons. The molecular weight excluding hydrogens is 358 g/mol. The minimum absolute atomic E-state index is 0.0145. The van der Waals surface area contributed by atoms with E-state index in [1.807, 2.05) is 6.26 Å². The van der Waals surface area contributed by atoms with Gasteiger partial charge in [-0.25, -0.2) is 4.79 Å². The lowest BCUT2D eigenvalue weighted by molar-refractivity contribution is -0.145. The highest BCUT2D eigenvalue weighted by atomic mass is 32.2. The monoisotopic (exact) mass is 399 g/mol.